The number of methoxy groups -OCH3 is 1. The van der Waals surface area contributed by atoms with Crippen LogP contribution >= 0.6 is 0 Å². The minimum Gasteiger partial charge on any atom is -0.479 e. The highest BCUT2D eigenvalue weighted by Crippen LogP contribution is 2.44. The van der Waals surface area contributed by atoms with Gasteiger partial charge in [0, 0.05) is 61.3 Å². The van der Waals surface area contributed by atoms with E-state index in [1.54, 1.807) is 13.3 Å². The molecule has 2 fully saturated rings. The summed E-state index contributed by atoms with van der Waals surface area (Å²) in [7, 11) is -2.74. The number of anilines is 1. The van der Waals surface area contributed by atoms with Crippen LogP contribution in [-0.4, -0.2) is 66.3 Å². The average Bonchev–Trinajstić information content (AvgIpc) is 3.33. The molecule has 0 radical (unpaired) electrons. The molecule has 0 amide bonds. The lowest BCUT2D eigenvalue weighted by atomic mass is 9.86. The topological polar surface area (TPSA) is 70.9 Å². The Morgan fingerprint density at radius 3 is 2.50 bits per heavy atom. The summed E-state index contributed by atoms with van der Waals surface area (Å²) in [6, 6.07) is 4.10. The van der Waals surface area contributed by atoms with Crippen LogP contribution in [0.2, 0.25) is 18.1 Å². The highest BCUT2D eigenvalue weighted by Gasteiger charge is 2.46. The second kappa shape index (κ2) is 7.95. The molecule has 2 atom stereocenters. The summed E-state index contributed by atoms with van der Waals surface area (Å²) in [6.07, 6.45) is 7.64. The van der Waals surface area contributed by atoms with Crippen LogP contribution in [0, 0.1) is 5.41 Å². The Balaban J connectivity index is 1.57. The smallest absolute Gasteiger partial charge is 0.240 e. The molecule has 7 nitrogen and oxygen atoms in total. The molecule has 2 unspecified atom stereocenters. The quantitative estimate of drug-likeness (QED) is 0.606. The molecule has 0 bridgehead atoms. The van der Waals surface area contributed by atoms with Gasteiger partial charge in [0.1, 0.15) is 5.52 Å². The van der Waals surface area contributed by atoms with E-state index in [0.29, 0.717) is 5.88 Å². The third kappa shape index (κ3) is 4.14. The Bertz CT molecular complexity index is 1140. The van der Waals surface area contributed by atoms with Gasteiger partial charge >= 0.3 is 0 Å². The fourth-order valence-corrected chi connectivity index (χ4v) is 10.6. The summed E-state index contributed by atoms with van der Waals surface area (Å²) in [4.78, 5) is 11.3. The summed E-state index contributed by atoms with van der Waals surface area (Å²) >= 11 is 0. The number of hydrogen-bond donors (Lipinski definition) is 0. The van der Waals surface area contributed by atoms with Crippen LogP contribution in [0.3, 0.4) is 0 Å². The van der Waals surface area contributed by atoms with Crippen molar-refractivity contribution < 1.29 is 8.95 Å². The lowest BCUT2D eigenvalue weighted by molar-refractivity contribution is 0.346. The largest absolute Gasteiger partial charge is 0.479 e. The van der Waals surface area contributed by atoms with E-state index in [0.717, 1.165) is 49.9 Å². The Hall–Kier alpha value is -1.71. The number of pyridine rings is 2. The second-order valence-corrected chi connectivity index (χ2v) is 18.4. The number of hydrogen-bond acceptors (Lipinski definition) is 6. The van der Waals surface area contributed by atoms with Crippen molar-refractivity contribution in [3.8, 4) is 5.88 Å². The zero-order chi connectivity index (χ0) is 23.4. The monoisotopic (exact) mass is 475 g/mol. The summed E-state index contributed by atoms with van der Waals surface area (Å²) < 4.78 is 26.4. The van der Waals surface area contributed by atoms with Crippen molar-refractivity contribution in [2.45, 2.75) is 51.7 Å². The van der Waals surface area contributed by atoms with Crippen molar-refractivity contribution in [3.63, 3.8) is 0 Å². The van der Waals surface area contributed by atoms with E-state index >= 15 is 0 Å². The highest BCUT2D eigenvalue weighted by atomic mass is 32.2. The molecule has 2 aliphatic rings. The normalized spacial score (nSPS) is 24.3. The molecular formula is C23H37N5O2SSi. The second-order valence-electron chi connectivity index (χ2n) is 11.0. The van der Waals surface area contributed by atoms with E-state index in [2.05, 4.69) is 59.1 Å². The maximum absolute atomic E-state index is 13.7. The van der Waals surface area contributed by atoms with Gasteiger partial charge < -0.3 is 9.64 Å². The van der Waals surface area contributed by atoms with Gasteiger partial charge in [-0.2, -0.15) is 0 Å². The number of aromatic nitrogens is 2. The Morgan fingerprint density at radius 1 is 1.12 bits per heavy atom. The maximum Gasteiger partial charge on any atom is 0.240 e. The molecule has 32 heavy (non-hydrogen) atoms. The third-order valence-electron chi connectivity index (χ3n) is 7.69. The number of ether oxygens (including phenoxy) is 1. The van der Waals surface area contributed by atoms with Gasteiger partial charge in [-0.25, -0.2) is 13.5 Å². The molecule has 0 aromatic carbocycles. The first-order valence-electron chi connectivity index (χ1n) is 11.4. The van der Waals surface area contributed by atoms with Gasteiger partial charge in [0.05, 0.1) is 17.0 Å². The van der Waals surface area contributed by atoms with E-state index in [1.165, 1.54) is 5.69 Å². The van der Waals surface area contributed by atoms with E-state index < -0.39 is 18.2 Å². The van der Waals surface area contributed by atoms with Crippen LogP contribution in [0.1, 0.15) is 33.6 Å². The SMILES string of the molecule is COc1nccc2c(N3CCC4(CCN(S(C)(=O)=N[Si](C)(C)C(C)(C)C)C4)C3)ccnc12. The van der Waals surface area contributed by atoms with E-state index in [1.807, 2.05) is 18.5 Å². The predicted molar refractivity (Wildman–Crippen MR) is 135 cm³/mol. The lowest BCUT2D eigenvalue weighted by Crippen LogP contribution is -2.40. The minimum absolute atomic E-state index is 0.0888. The summed E-state index contributed by atoms with van der Waals surface area (Å²) in [5.41, 5.74) is 2.13. The molecular weight excluding hydrogens is 438 g/mol. The molecule has 0 N–H and O–H groups in total. The van der Waals surface area contributed by atoms with Crippen molar-refractivity contribution >= 4 is 34.7 Å². The first kappa shape index (κ1) is 23.4. The molecule has 0 aliphatic carbocycles. The Labute approximate surface area is 194 Å². The van der Waals surface area contributed by atoms with Crippen LogP contribution in [0.15, 0.2) is 28.6 Å². The molecule has 2 aromatic heterocycles. The summed E-state index contributed by atoms with van der Waals surface area (Å²) in [5.74, 6) is 0.559. The van der Waals surface area contributed by atoms with Crippen LogP contribution < -0.4 is 9.64 Å². The maximum atomic E-state index is 13.7. The average molecular weight is 476 g/mol. The van der Waals surface area contributed by atoms with E-state index in [4.69, 9.17) is 8.77 Å². The van der Waals surface area contributed by atoms with Gasteiger partial charge in [0.15, 0.2) is 8.24 Å². The van der Waals surface area contributed by atoms with Gasteiger partial charge in [0.2, 0.25) is 5.88 Å². The molecule has 0 saturated carbocycles. The first-order valence-corrected chi connectivity index (χ1v) is 16.2. The predicted octanol–water partition coefficient (Wildman–Crippen LogP) is 4.56. The minimum atomic E-state index is -2.37. The Kier molecular flexibility index (Phi) is 5.83. The van der Waals surface area contributed by atoms with Crippen LogP contribution in [0.4, 0.5) is 5.69 Å². The van der Waals surface area contributed by atoms with Gasteiger partial charge in [-0.1, -0.05) is 20.8 Å². The molecule has 2 saturated heterocycles. The molecule has 1 spiro atoms. The number of fused-ring (bicyclic) bond motifs is 1. The third-order valence-corrected chi connectivity index (χ3v) is 15.8. The molecule has 9 heteroatoms. The van der Waals surface area contributed by atoms with Crippen molar-refractivity contribution in [1.82, 2.24) is 14.3 Å². The van der Waals surface area contributed by atoms with Crippen molar-refractivity contribution in [1.29, 1.82) is 0 Å². The standard InChI is InChI=1S/C23H37N5O2SSi/c1-22(2,3)32(6,7)26-31(5,29)28-15-11-23(17-28)10-14-27(16-23)19-9-13-24-20-18(19)8-12-25-21(20)30-4/h8-9,12-13H,10-11,14-17H2,1-7H3. The number of nitrogens with zero attached hydrogens (tertiary/aromatic N) is 5. The molecule has 176 valence electrons. The fourth-order valence-electron chi connectivity index (χ4n) is 4.74. The van der Waals surface area contributed by atoms with E-state index in [9.17, 15) is 4.21 Å². The van der Waals surface area contributed by atoms with Crippen LogP contribution in [0.25, 0.3) is 10.9 Å². The van der Waals surface area contributed by atoms with Gasteiger partial charge in [0.25, 0.3) is 0 Å². The van der Waals surface area contributed by atoms with Gasteiger partial charge in [-0.3, -0.25) is 9.01 Å². The highest BCUT2D eigenvalue weighted by molar-refractivity contribution is 7.91. The van der Waals surface area contributed by atoms with Gasteiger partial charge in [-0.15, -0.1) is 0 Å². The van der Waals surface area contributed by atoms with Crippen molar-refractivity contribution in [2.75, 3.05) is 44.4 Å². The Morgan fingerprint density at radius 2 is 1.81 bits per heavy atom. The zero-order valence-corrected chi connectivity index (χ0v) is 22.3. The summed E-state index contributed by atoms with van der Waals surface area (Å²) in [6.45, 7) is 14.8. The fraction of sp³-hybridized carbons (Fsp3) is 0.652. The first-order chi connectivity index (χ1) is 14.9. The van der Waals surface area contributed by atoms with Gasteiger partial charge in [-0.05, 0) is 43.1 Å². The molecule has 4 rings (SSSR count). The van der Waals surface area contributed by atoms with Crippen LogP contribution in [-0.2, 0) is 9.92 Å². The summed E-state index contributed by atoms with van der Waals surface area (Å²) in [5, 5.41) is 1.16. The van der Waals surface area contributed by atoms with Crippen molar-refractivity contribution in [2.24, 2.45) is 9.44 Å². The zero-order valence-electron chi connectivity index (χ0n) is 20.5. The van der Waals surface area contributed by atoms with Crippen LogP contribution in [0.5, 0.6) is 5.88 Å². The molecule has 2 aliphatic heterocycles. The van der Waals surface area contributed by atoms with E-state index in [-0.39, 0.29) is 10.5 Å². The molecule has 4 heterocycles. The number of rotatable bonds is 4. The lowest BCUT2D eigenvalue weighted by Gasteiger charge is -2.34. The van der Waals surface area contributed by atoms with Crippen molar-refractivity contribution in [3.05, 3.63) is 24.5 Å². The molecule has 2 aromatic rings.